The monoisotopic (exact) mass is 276 g/mol. The number of anilines is 3. The lowest BCUT2D eigenvalue weighted by atomic mass is 10.2. The quantitative estimate of drug-likeness (QED) is 0.863. The van der Waals surface area contributed by atoms with Crippen LogP contribution in [0.3, 0.4) is 0 Å². The number of nitrogen functional groups attached to an aromatic ring is 1. The third-order valence-electron chi connectivity index (χ3n) is 4.47. The SMILES string of the molecule is CNc1cc(N2CCN(C3CCCC3)CC2)nc(N)n1. The van der Waals surface area contributed by atoms with Crippen molar-refractivity contribution in [3.63, 3.8) is 0 Å². The third kappa shape index (κ3) is 2.80. The van der Waals surface area contributed by atoms with Crippen LogP contribution in [0.25, 0.3) is 0 Å². The van der Waals surface area contributed by atoms with Gasteiger partial charge in [-0.3, -0.25) is 4.90 Å². The number of nitrogens with one attached hydrogen (secondary N) is 1. The largest absolute Gasteiger partial charge is 0.373 e. The van der Waals surface area contributed by atoms with Gasteiger partial charge in [-0.1, -0.05) is 12.8 Å². The molecule has 3 N–H and O–H groups in total. The number of hydrogen-bond donors (Lipinski definition) is 2. The molecule has 2 aliphatic rings. The van der Waals surface area contributed by atoms with E-state index in [4.69, 9.17) is 5.73 Å². The van der Waals surface area contributed by atoms with E-state index in [9.17, 15) is 0 Å². The molecule has 20 heavy (non-hydrogen) atoms. The summed E-state index contributed by atoms with van der Waals surface area (Å²) in [4.78, 5) is 13.5. The van der Waals surface area contributed by atoms with Crippen molar-refractivity contribution in [3.8, 4) is 0 Å². The van der Waals surface area contributed by atoms with E-state index in [1.54, 1.807) is 0 Å². The van der Waals surface area contributed by atoms with Crippen LogP contribution in [0.1, 0.15) is 25.7 Å². The van der Waals surface area contributed by atoms with E-state index in [0.717, 1.165) is 43.9 Å². The van der Waals surface area contributed by atoms with Gasteiger partial charge in [-0.25, -0.2) is 0 Å². The first-order chi connectivity index (χ1) is 9.76. The van der Waals surface area contributed by atoms with E-state index in [-0.39, 0.29) is 0 Å². The highest BCUT2D eigenvalue weighted by atomic mass is 15.3. The molecule has 1 saturated heterocycles. The highest BCUT2D eigenvalue weighted by Crippen LogP contribution is 2.25. The minimum Gasteiger partial charge on any atom is -0.373 e. The second kappa shape index (κ2) is 5.83. The van der Waals surface area contributed by atoms with E-state index in [1.807, 2.05) is 13.1 Å². The van der Waals surface area contributed by atoms with Crippen molar-refractivity contribution in [2.45, 2.75) is 31.7 Å². The summed E-state index contributed by atoms with van der Waals surface area (Å²) >= 11 is 0. The van der Waals surface area contributed by atoms with E-state index < -0.39 is 0 Å². The highest BCUT2D eigenvalue weighted by molar-refractivity contribution is 5.52. The molecule has 0 amide bonds. The van der Waals surface area contributed by atoms with Gasteiger partial charge in [0.2, 0.25) is 5.95 Å². The van der Waals surface area contributed by atoms with Gasteiger partial charge in [0.15, 0.2) is 0 Å². The van der Waals surface area contributed by atoms with Crippen molar-refractivity contribution in [2.75, 3.05) is 49.2 Å². The molecule has 1 aliphatic heterocycles. The fourth-order valence-electron chi connectivity index (χ4n) is 3.33. The second-order valence-electron chi connectivity index (χ2n) is 5.68. The van der Waals surface area contributed by atoms with Gasteiger partial charge in [-0.15, -0.1) is 0 Å². The van der Waals surface area contributed by atoms with Crippen molar-refractivity contribution in [3.05, 3.63) is 6.07 Å². The van der Waals surface area contributed by atoms with Gasteiger partial charge in [-0.2, -0.15) is 9.97 Å². The molecule has 6 nitrogen and oxygen atoms in total. The predicted molar refractivity (Wildman–Crippen MR) is 82.0 cm³/mol. The van der Waals surface area contributed by atoms with E-state index in [2.05, 4.69) is 25.1 Å². The van der Waals surface area contributed by atoms with Crippen LogP contribution in [-0.2, 0) is 0 Å². The van der Waals surface area contributed by atoms with E-state index in [1.165, 1.54) is 25.7 Å². The van der Waals surface area contributed by atoms with Crippen LogP contribution >= 0.6 is 0 Å². The van der Waals surface area contributed by atoms with Gasteiger partial charge in [0.25, 0.3) is 0 Å². The standard InChI is InChI=1S/C14H24N6/c1-16-12-10-13(18-14(15)17-12)20-8-6-19(7-9-20)11-4-2-3-5-11/h10-11H,2-9H2,1H3,(H3,15,16,17,18). The molecule has 0 aromatic carbocycles. The lowest BCUT2D eigenvalue weighted by Gasteiger charge is -2.38. The lowest BCUT2D eigenvalue weighted by Crippen LogP contribution is -2.50. The van der Waals surface area contributed by atoms with Crippen molar-refractivity contribution < 1.29 is 0 Å². The van der Waals surface area contributed by atoms with Crippen LogP contribution in [0.15, 0.2) is 6.07 Å². The summed E-state index contributed by atoms with van der Waals surface area (Å²) in [7, 11) is 1.85. The molecule has 0 unspecified atom stereocenters. The molecule has 1 aromatic heterocycles. The molecule has 0 atom stereocenters. The van der Waals surface area contributed by atoms with Gasteiger partial charge in [0.05, 0.1) is 0 Å². The van der Waals surface area contributed by atoms with Crippen LogP contribution in [0, 0.1) is 0 Å². The molecule has 0 bridgehead atoms. The smallest absolute Gasteiger partial charge is 0.223 e. The summed E-state index contributed by atoms with van der Waals surface area (Å²) in [6.07, 6.45) is 5.56. The van der Waals surface area contributed by atoms with Crippen LogP contribution < -0.4 is 16.0 Å². The van der Waals surface area contributed by atoms with E-state index >= 15 is 0 Å². The maximum absolute atomic E-state index is 5.77. The Morgan fingerprint density at radius 3 is 2.50 bits per heavy atom. The topological polar surface area (TPSA) is 70.3 Å². The molecule has 0 radical (unpaired) electrons. The summed E-state index contributed by atoms with van der Waals surface area (Å²) in [6.45, 7) is 4.30. The number of nitrogens with two attached hydrogens (primary N) is 1. The first-order valence-electron chi connectivity index (χ1n) is 7.57. The Kier molecular flexibility index (Phi) is 3.91. The average molecular weight is 276 g/mol. The Morgan fingerprint density at radius 2 is 1.85 bits per heavy atom. The summed E-state index contributed by atoms with van der Waals surface area (Å²) in [5.41, 5.74) is 5.77. The minimum absolute atomic E-state index is 0.338. The van der Waals surface area contributed by atoms with Crippen LogP contribution in [0.4, 0.5) is 17.6 Å². The first-order valence-corrected chi connectivity index (χ1v) is 7.57. The third-order valence-corrected chi connectivity index (χ3v) is 4.47. The number of nitrogens with zero attached hydrogens (tertiary/aromatic N) is 4. The van der Waals surface area contributed by atoms with Gasteiger partial charge in [-0.05, 0) is 12.8 Å². The Morgan fingerprint density at radius 1 is 1.15 bits per heavy atom. The molecule has 1 aliphatic carbocycles. The number of aromatic nitrogens is 2. The van der Waals surface area contributed by atoms with Gasteiger partial charge in [0, 0.05) is 45.3 Å². The fraction of sp³-hybridized carbons (Fsp3) is 0.714. The Hall–Kier alpha value is -1.56. The van der Waals surface area contributed by atoms with Crippen molar-refractivity contribution in [1.29, 1.82) is 0 Å². The molecule has 6 heteroatoms. The molecule has 1 saturated carbocycles. The van der Waals surface area contributed by atoms with Crippen molar-refractivity contribution in [2.24, 2.45) is 0 Å². The zero-order chi connectivity index (χ0) is 13.9. The van der Waals surface area contributed by atoms with E-state index in [0.29, 0.717) is 5.95 Å². The summed E-state index contributed by atoms with van der Waals surface area (Å²) < 4.78 is 0. The molecule has 2 fully saturated rings. The zero-order valence-corrected chi connectivity index (χ0v) is 12.2. The molecule has 2 heterocycles. The van der Waals surface area contributed by atoms with Gasteiger partial charge in [0.1, 0.15) is 11.6 Å². The average Bonchev–Trinajstić information content (AvgIpc) is 3.01. The molecule has 3 rings (SSSR count). The Balaban J connectivity index is 1.64. The summed E-state index contributed by atoms with van der Waals surface area (Å²) in [5.74, 6) is 2.06. The van der Waals surface area contributed by atoms with Crippen LogP contribution in [0.2, 0.25) is 0 Å². The Bertz CT molecular complexity index is 449. The predicted octanol–water partition coefficient (Wildman–Crippen LogP) is 1.17. The Labute approximate surface area is 120 Å². The zero-order valence-electron chi connectivity index (χ0n) is 12.2. The molecule has 1 aromatic rings. The maximum Gasteiger partial charge on any atom is 0.223 e. The maximum atomic E-state index is 5.77. The number of rotatable bonds is 3. The summed E-state index contributed by atoms with van der Waals surface area (Å²) in [5, 5.41) is 3.03. The van der Waals surface area contributed by atoms with Gasteiger partial charge >= 0.3 is 0 Å². The van der Waals surface area contributed by atoms with Crippen molar-refractivity contribution >= 4 is 17.6 Å². The minimum atomic E-state index is 0.338. The van der Waals surface area contributed by atoms with Crippen LogP contribution in [0.5, 0.6) is 0 Å². The molecule has 0 spiro atoms. The molecular weight excluding hydrogens is 252 g/mol. The lowest BCUT2D eigenvalue weighted by molar-refractivity contribution is 0.187. The first kappa shape index (κ1) is 13.4. The normalized spacial score (nSPS) is 21.4. The van der Waals surface area contributed by atoms with Gasteiger partial charge < -0.3 is 16.0 Å². The number of piperazine rings is 1. The van der Waals surface area contributed by atoms with Crippen LogP contribution in [-0.4, -0.2) is 54.1 Å². The molecule has 110 valence electrons. The van der Waals surface area contributed by atoms with Crippen molar-refractivity contribution in [1.82, 2.24) is 14.9 Å². The molecular formula is C14H24N6. The highest BCUT2D eigenvalue weighted by Gasteiger charge is 2.26. The number of hydrogen-bond acceptors (Lipinski definition) is 6. The fourth-order valence-corrected chi connectivity index (χ4v) is 3.33. The second-order valence-corrected chi connectivity index (χ2v) is 5.68. The summed E-state index contributed by atoms with van der Waals surface area (Å²) in [6, 6.07) is 2.79.